The molecule has 0 aromatic rings. The molecule has 2 fully saturated rings. The Balaban J connectivity index is 2.27. The molecule has 76 valence electrons. The topological polar surface area (TPSA) is 20.2 Å². The van der Waals surface area contributed by atoms with Crippen molar-refractivity contribution in [1.29, 1.82) is 0 Å². The quantitative estimate of drug-likeness (QED) is 0.610. The third-order valence-corrected chi connectivity index (χ3v) is 4.81. The van der Waals surface area contributed by atoms with Gasteiger partial charge in [0.15, 0.2) is 0 Å². The first-order chi connectivity index (χ1) is 6.08. The van der Waals surface area contributed by atoms with Crippen molar-refractivity contribution >= 4 is 0 Å². The maximum absolute atomic E-state index is 10.5. The Morgan fingerprint density at radius 3 is 2.23 bits per heavy atom. The van der Waals surface area contributed by atoms with Gasteiger partial charge in [0.05, 0.1) is 5.60 Å². The molecule has 0 aromatic carbocycles. The predicted octanol–water partition coefficient (Wildman–Crippen LogP) is 3.12. The fourth-order valence-corrected chi connectivity index (χ4v) is 3.85. The summed E-state index contributed by atoms with van der Waals surface area (Å²) in [6.07, 6.45) is 8.77. The van der Waals surface area contributed by atoms with Gasteiger partial charge in [-0.15, -0.1) is 0 Å². The first-order valence-corrected chi connectivity index (χ1v) is 5.81. The van der Waals surface area contributed by atoms with E-state index < -0.39 is 0 Å². The molecule has 2 aliphatic carbocycles. The second kappa shape index (κ2) is 2.98. The van der Waals surface area contributed by atoms with Crippen molar-refractivity contribution in [3.63, 3.8) is 0 Å². The molecule has 2 atom stereocenters. The zero-order valence-corrected chi connectivity index (χ0v) is 8.97. The Labute approximate surface area is 81.5 Å². The molecule has 0 aromatic heterocycles. The molecule has 2 unspecified atom stereocenters. The molecule has 0 aliphatic heterocycles. The van der Waals surface area contributed by atoms with Crippen LogP contribution in [-0.2, 0) is 0 Å². The molecule has 0 radical (unpaired) electrons. The lowest BCUT2D eigenvalue weighted by atomic mass is 9.57. The fraction of sp³-hybridized carbons (Fsp3) is 1.00. The summed E-state index contributed by atoms with van der Waals surface area (Å²) in [6.45, 7) is 4.42. The van der Waals surface area contributed by atoms with Gasteiger partial charge in [0.25, 0.3) is 0 Å². The Bertz CT molecular complexity index is 189. The van der Waals surface area contributed by atoms with Crippen LogP contribution in [-0.4, -0.2) is 10.7 Å². The minimum atomic E-state index is -0.374. The Morgan fingerprint density at radius 2 is 1.69 bits per heavy atom. The lowest BCUT2D eigenvalue weighted by Crippen LogP contribution is -2.51. The summed E-state index contributed by atoms with van der Waals surface area (Å²) in [7, 11) is 0. The summed E-state index contributed by atoms with van der Waals surface area (Å²) in [6, 6.07) is 0. The van der Waals surface area contributed by atoms with Gasteiger partial charge in [-0.25, -0.2) is 0 Å². The zero-order chi connectivity index (χ0) is 9.53. The van der Waals surface area contributed by atoms with Gasteiger partial charge in [0.1, 0.15) is 0 Å². The third-order valence-electron chi connectivity index (χ3n) is 4.81. The highest BCUT2D eigenvalue weighted by atomic mass is 16.3. The molecule has 2 aliphatic rings. The van der Waals surface area contributed by atoms with E-state index in [9.17, 15) is 5.11 Å². The van der Waals surface area contributed by atoms with Gasteiger partial charge >= 0.3 is 0 Å². The molecule has 2 saturated carbocycles. The van der Waals surface area contributed by atoms with Crippen molar-refractivity contribution < 1.29 is 5.11 Å². The van der Waals surface area contributed by atoms with Gasteiger partial charge in [0.2, 0.25) is 0 Å². The minimum absolute atomic E-state index is 0.283. The lowest BCUT2D eigenvalue weighted by molar-refractivity contribution is -0.126. The van der Waals surface area contributed by atoms with Crippen LogP contribution in [0.3, 0.4) is 0 Å². The number of rotatable bonds is 0. The van der Waals surface area contributed by atoms with E-state index in [0.29, 0.717) is 0 Å². The van der Waals surface area contributed by atoms with E-state index in [1.165, 1.54) is 38.5 Å². The maximum Gasteiger partial charge on any atom is 0.0678 e. The van der Waals surface area contributed by atoms with Gasteiger partial charge in [-0.2, -0.15) is 0 Å². The van der Waals surface area contributed by atoms with Crippen molar-refractivity contribution in [1.82, 2.24) is 0 Å². The Hall–Kier alpha value is -0.0400. The summed E-state index contributed by atoms with van der Waals surface area (Å²) in [5.74, 6) is 0.735. The van der Waals surface area contributed by atoms with Crippen molar-refractivity contribution in [2.24, 2.45) is 11.3 Å². The predicted molar refractivity (Wildman–Crippen MR) is 54.5 cm³/mol. The molecule has 0 amide bonds. The fourth-order valence-electron chi connectivity index (χ4n) is 3.85. The van der Waals surface area contributed by atoms with Crippen LogP contribution in [0.25, 0.3) is 0 Å². The molecule has 1 N–H and O–H groups in total. The van der Waals surface area contributed by atoms with Gasteiger partial charge in [-0.1, -0.05) is 26.2 Å². The lowest BCUT2D eigenvalue weighted by Gasteiger charge is -2.51. The average Bonchev–Trinajstić information content (AvgIpc) is 2.50. The summed E-state index contributed by atoms with van der Waals surface area (Å²) >= 11 is 0. The van der Waals surface area contributed by atoms with Crippen molar-refractivity contribution in [2.45, 2.75) is 64.4 Å². The molecule has 1 heteroatoms. The van der Waals surface area contributed by atoms with Crippen LogP contribution >= 0.6 is 0 Å². The molecule has 2 rings (SSSR count). The average molecular weight is 182 g/mol. The molecule has 0 bridgehead atoms. The number of aliphatic hydroxyl groups is 1. The minimum Gasteiger partial charge on any atom is -0.390 e. The second-order valence-corrected chi connectivity index (χ2v) is 5.43. The molecule has 0 saturated heterocycles. The highest BCUT2D eigenvalue weighted by Gasteiger charge is 2.53. The molecular weight excluding hydrogens is 160 g/mol. The van der Waals surface area contributed by atoms with Gasteiger partial charge in [-0.05, 0) is 38.5 Å². The van der Waals surface area contributed by atoms with E-state index >= 15 is 0 Å². The molecular formula is C12H22O. The van der Waals surface area contributed by atoms with Crippen LogP contribution in [0, 0.1) is 11.3 Å². The van der Waals surface area contributed by atoms with Gasteiger partial charge in [0, 0.05) is 5.41 Å². The van der Waals surface area contributed by atoms with E-state index in [1.807, 2.05) is 0 Å². The van der Waals surface area contributed by atoms with E-state index in [0.717, 1.165) is 12.3 Å². The zero-order valence-electron chi connectivity index (χ0n) is 8.97. The van der Waals surface area contributed by atoms with E-state index in [-0.39, 0.29) is 11.0 Å². The van der Waals surface area contributed by atoms with Gasteiger partial charge in [-0.3, -0.25) is 0 Å². The van der Waals surface area contributed by atoms with Crippen LogP contribution in [0.5, 0.6) is 0 Å². The first-order valence-electron chi connectivity index (χ1n) is 5.81. The highest BCUT2D eigenvalue weighted by molar-refractivity contribution is 5.04. The maximum atomic E-state index is 10.5. The summed E-state index contributed by atoms with van der Waals surface area (Å²) in [4.78, 5) is 0. The first kappa shape index (κ1) is 9.51. The van der Waals surface area contributed by atoms with Crippen LogP contribution in [0.1, 0.15) is 58.8 Å². The van der Waals surface area contributed by atoms with Crippen LogP contribution < -0.4 is 0 Å². The van der Waals surface area contributed by atoms with Gasteiger partial charge < -0.3 is 5.11 Å². The molecule has 13 heavy (non-hydrogen) atoms. The van der Waals surface area contributed by atoms with E-state index in [2.05, 4.69) is 13.8 Å². The standard InChI is InChI=1S/C12H22O/c1-10-6-5-7-11(2,13)12(10)8-3-4-9-12/h10,13H,3-9H2,1-2H3. The molecule has 1 spiro atoms. The smallest absolute Gasteiger partial charge is 0.0678 e. The van der Waals surface area contributed by atoms with E-state index in [1.54, 1.807) is 0 Å². The van der Waals surface area contributed by atoms with Crippen LogP contribution in [0.2, 0.25) is 0 Å². The summed E-state index contributed by atoms with van der Waals surface area (Å²) < 4.78 is 0. The van der Waals surface area contributed by atoms with Crippen molar-refractivity contribution in [3.05, 3.63) is 0 Å². The SMILES string of the molecule is CC1CCCC(C)(O)C12CCCC2. The highest BCUT2D eigenvalue weighted by Crippen LogP contribution is 2.57. The molecule has 1 nitrogen and oxygen atoms in total. The Morgan fingerprint density at radius 1 is 1.08 bits per heavy atom. The number of hydrogen-bond acceptors (Lipinski definition) is 1. The van der Waals surface area contributed by atoms with Crippen LogP contribution in [0.15, 0.2) is 0 Å². The van der Waals surface area contributed by atoms with Crippen molar-refractivity contribution in [2.75, 3.05) is 0 Å². The normalized spacial score (nSPS) is 44.1. The monoisotopic (exact) mass is 182 g/mol. The summed E-state index contributed by atoms with van der Waals surface area (Å²) in [5.41, 5.74) is -0.0909. The summed E-state index contributed by atoms with van der Waals surface area (Å²) in [5, 5.41) is 10.5. The number of hydrogen-bond donors (Lipinski definition) is 1. The third kappa shape index (κ3) is 1.24. The van der Waals surface area contributed by atoms with E-state index in [4.69, 9.17) is 0 Å². The Kier molecular flexibility index (Phi) is 2.18. The molecule has 0 heterocycles. The van der Waals surface area contributed by atoms with Crippen molar-refractivity contribution in [3.8, 4) is 0 Å². The largest absolute Gasteiger partial charge is 0.390 e. The second-order valence-electron chi connectivity index (χ2n) is 5.43. The van der Waals surface area contributed by atoms with Crippen LogP contribution in [0.4, 0.5) is 0 Å².